The number of hydrogen-bond acceptors (Lipinski definition) is 4. The second kappa shape index (κ2) is 4.84. The van der Waals surface area contributed by atoms with Gasteiger partial charge in [-0.25, -0.2) is 4.79 Å². The van der Waals surface area contributed by atoms with Crippen LogP contribution in [0, 0.1) is 0 Å². The number of cyclic esters (lactones) is 1. The third-order valence-electron chi connectivity index (χ3n) is 2.42. The highest BCUT2D eigenvalue weighted by Gasteiger charge is 2.29. The second-order valence-corrected chi connectivity index (χ2v) is 4.35. The molecule has 2 rings (SSSR count). The molecule has 0 amide bonds. The van der Waals surface area contributed by atoms with Crippen LogP contribution in [0.2, 0.25) is 0 Å². The van der Waals surface area contributed by atoms with E-state index in [0.717, 1.165) is 10.0 Å². The largest absolute Gasteiger partial charge is 0.477 e. The van der Waals surface area contributed by atoms with Gasteiger partial charge in [0.2, 0.25) is 0 Å². The van der Waals surface area contributed by atoms with Gasteiger partial charge in [0.1, 0.15) is 5.75 Å². The normalized spacial score (nSPS) is 19.6. The van der Waals surface area contributed by atoms with E-state index in [1.54, 1.807) is 0 Å². The molecule has 0 aromatic heterocycles. The third kappa shape index (κ3) is 2.20. The molecule has 1 saturated heterocycles. The molecule has 1 aromatic carbocycles. The van der Waals surface area contributed by atoms with Crippen LogP contribution in [0.15, 0.2) is 22.7 Å². The van der Waals surface area contributed by atoms with Crippen molar-refractivity contribution in [2.24, 2.45) is 5.73 Å². The molecule has 1 atom stereocenters. The van der Waals surface area contributed by atoms with E-state index in [-0.39, 0.29) is 5.97 Å². The lowest BCUT2D eigenvalue weighted by molar-refractivity contribution is -0.143. The Labute approximate surface area is 102 Å². The van der Waals surface area contributed by atoms with Gasteiger partial charge in [-0.15, -0.1) is 0 Å². The van der Waals surface area contributed by atoms with Crippen LogP contribution in [0.25, 0.3) is 0 Å². The van der Waals surface area contributed by atoms with Crippen molar-refractivity contribution in [1.29, 1.82) is 0 Å². The fourth-order valence-corrected chi connectivity index (χ4v) is 2.07. The zero-order chi connectivity index (χ0) is 11.5. The summed E-state index contributed by atoms with van der Waals surface area (Å²) < 4.78 is 11.3. The van der Waals surface area contributed by atoms with Crippen LogP contribution in [0.4, 0.5) is 0 Å². The number of para-hydroxylation sites is 1. The summed E-state index contributed by atoms with van der Waals surface area (Å²) in [6.07, 6.45) is 0.0773. The molecule has 0 spiro atoms. The van der Waals surface area contributed by atoms with E-state index in [1.807, 2.05) is 18.2 Å². The second-order valence-electron chi connectivity index (χ2n) is 3.49. The summed E-state index contributed by atoms with van der Waals surface area (Å²) in [4.78, 5) is 11.3. The van der Waals surface area contributed by atoms with Gasteiger partial charge in [0, 0.05) is 18.5 Å². The van der Waals surface area contributed by atoms with Gasteiger partial charge in [-0.2, -0.15) is 0 Å². The fraction of sp³-hybridized carbons (Fsp3) is 0.364. The van der Waals surface area contributed by atoms with Crippen LogP contribution in [0.3, 0.4) is 0 Å². The predicted molar refractivity (Wildman–Crippen MR) is 62.0 cm³/mol. The Hall–Kier alpha value is -1.07. The van der Waals surface area contributed by atoms with Crippen molar-refractivity contribution in [3.05, 3.63) is 28.2 Å². The maximum absolute atomic E-state index is 11.3. The van der Waals surface area contributed by atoms with Crippen LogP contribution in [0.5, 0.6) is 5.75 Å². The molecule has 0 aliphatic carbocycles. The highest BCUT2D eigenvalue weighted by Crippen LogP contribution is 2.31. The number of benzene rings is 1. The molecule has 1 unspecified atom stereocenters. The van der Waals surface area contributed by atoms with Crippen molar-refractivity contribution in [2.75, 3.05) is 6.61 Å². The summed E-state index contributed by atoms with van der Waals surface area (Å²) in [5.74, 6) is 0.326. The van der Waals surface area contributed by atoms with Gasteiger partial charge in [-0.05, 0) is 22.0 Å². The van der Waals surface area contributed by atoms with Crippen LogP contribution >= 0.6 is 15.9 Å². The van der Waals surface area contributed by atoms with E-state index in [4.69, 9.17) is 15.2 Å². The number of carbonyl (C=O) groups is 1. The van der Waals surface area contributed by atoms with E-state index in [1.165, 1.54) is 0 Å². The molecule has 1 fully saturated rings. The molecular weight excluding hydrogens is 274 g/mol. The maximum Gasteiger partial charge on any atom is 0.347 e. The third-order valence-corrected chi connectivity index (χ3v) is 3.04. The Morgan fingerprint density at radius 1 is 1.56 bits per heavy atom. The van der Waals surface area contributed by atoms with Crippen molar-refractivity contribution in [1.82, 2.24) is 0 Å². The highest BCUT2D eigenvalue weighted by molar-refractivity contribution is 9.10. The van der Waals surface area contributed by atoms with Gasteiger partial charge in [0.25, 0.3) is 0 Å². The number of nitrogens with two attached hydrogens (primary N) is 1. The predicted octanol–water partition coefficient (Wildman–Crippen LogP) is 1.60. The SMILES string of the molecule is NCc1cccc(Br)c1OC1CCOC1=O. The number of ether oxygens (including phenoxy) is 2. The van der Waals surface area contributed by atoms with Gasteiger partial charge in [0.05, 0.1) is 11.1 Å². The average Bonchev–Trinajstić information content (AvgIpc) is 2.67. The van der Waals surface area contributed by atoms with Crippen molar-refractivity contribution < 1.29 is 14.3 Å². The van der Waals surface area contributed by atoms with Gasteiger partial charge in [0.15, 0.2) is 6.10 Å². The minimum absolute atomic E-state index is 0.307. The molecule has 0 bridgehead atoms. The summed E-state index contributed by atoms with van der Waals surface area (Å²) in [5, 5.41) is 0. The molecule has 1 heterocycles. The first-order valence-electron chi connectivity index (χ1n) is 5.03. The van der Waals surface area contributed by atoms with Crippen molar-refractivity contribution >= 4 is 21.9 Å². The van der Waals surface area contributed by atoms with Gasteiger partial charge < -0.3 is 15.2 Å². The van der Waals surface area contributed by atoms with Crippen LogP contribution < -0.4 is 10.5 Å². The smallest absolute Gasteiger partial charge is 0.347 e. The first-order valence-corrected chi connectivity index (χ1v) is 5.82. The Kier molecular flexibility index (Phi) is 3.46. The van der Waals surface area contributed by atoms with E-state index in [9.17, 15) is 4.79 Å². The van der Waals surface area contributed by atoms with Crippen LogP contribution in [0.1, 0.15) is 12.0 Å². The van der Waals surface area contributed by atoms with E-state index < -0.39 is 6.10 Å². The molecule has 86 valence electrons. The topological polar surface area (TPSA) is 61.6 Å². The monoisotopic (exact) mass is 285 g/mol. The Morgan fingerprint density at radius 2 is 2.38 bits per heavy atom. The quantitative estimate of drug-likeness (QED) is 0.857. The maximum atomic E-state index is 11.3. The standard InChI is InChI=1S/C11H12BrNO3/c12-8-3-1-2-7(6-13)10(8)16-9-4-5-15-11(9)14/h1-3,9H,4-6,13H2. The Morgan fingerprint density at radius 3 is 3.00 bits per heavy atom. The van der Waals surface area contributed by atoms with E-state index in [2.05, 4.69) is 15.9 Å². The van der Waals surface area contributed by atoms with E-state index >= 15 is 0 Å². The van der Waals surface area contributed by atoms with Gasteiger partial charge in [-0.1, -0.05) is 12.1 Å². The first-order chi connectivity index (χ1) is 7.72. The number of hydrogen-bond donors (Lipinski definition) is 1. The molecule has 16 heavy (non-hydrogen) atoms. The summed E-state index contributed by atoms with van der Waals surface area (Å²) >= 11 is 3.38. The van der Waals surface area contributed by atoms with Crippen molar-refractivity contribution in [2.45, 2.75) is 19.1 Å². The average molecular weight is 286 g/mol. The highest BCUT2D eigenvalue weighted by atomic mass is 79.9. The van der Waals surface area contributed by atoms with Gasteiger partial charge in [-0.3, -0.25) is 0 Å². The molecule has 0 saturated carbocycles. The molecule has 1 aliphatic heterocycles. The lowest BCUT2D eigenvalue weighted by atomic mass is 10.2. The van der Waals surface area contributed by atoms with Crippen molar-refractivity contribution in [3.63, 3.8) is 0 Å². The summed E-state index contributed by atoms with van der Waals surface area (Å²) in [6, 6.07) is 5.61. The summed E-state index contributed by atoms with van der Waals surface area (Å²) in [7, 11) is 0. The van der Waals surface area contributed by atoms with Crippen LogP contribution in [-0.4, -0.2) is 18.7 Å². The fourth-order valence-electron chi connectivity index (χ4n) is 1.57. The molecule has 0 radical (unpaired) electrons. The summed E-state index contributed by atoms with van der Waals surface area (Å²) in [6.45, 7) is 0.794. The lowest BCUT2D eigenvalue weighted by Crippen LogP contribution is -2.22. The number of esters is 1. The molecular formula is C11H12BrNO3. The molecule has 1 aromatic rings. The number of carbonyl (C=O) groups excluding carboxylic acids is 1. The minimum Gasteiger partial charge on any atom is -0.477 e. The zero-order valence-electron chi connectivity index (χ0n) is 8.61. The molecule has 2 N–H and O–H groups in total. The molecule has 5 heteroatoms. The van der Waals surface area contributed by atoms with E-state index in [0.29, 0.717) is 25.3 Å². The molecule has 1 aliphatic rings. The Balaban J connectivity index is 2.22. The molecule has 4 nitrogen and oxygen atoms in total. The lowest BCUT2D eigenvalue weighted by Gasteiger charge is -2.14. The van der Waals surface area contributed by atoms with Crippen LogP contribution in [-0.2, 0) is 16.1 Å². The van der Waals surface area contributed by atoms with Crippen molar-refractivity contribution in [3.8, 4) is 5.75 Å². The van der Waals surface area contributed by atoms with Gasteiger partial charge >= 0.3 is 5.97 Å². The minimum atomic E-state index is -0.510. The first kappa shape index (κ1) is 11.4. The summed E-state index contributed by atoms with van der Waals surface area (Å²) in [5.41, 5.74) is 6.48. The zero-order valence-corrected chi connectivity index (χ0v) is 10.2. The number of rotatable bonds is 3. The number of halogens is 1. The Bertz CT molecular complexity index is 408.